The van der Waals surface area contributed by atoms with Crippen LogP contribution < -0.4 is 0 Å². The Morgan fingerprint density at radius 1 is 1.00 bits per heavy atom. The van der Waals surface area contributed by atoms with E-state index in [4.69, 9.17) is 4.74 Å². The molecule has 0 radical (unpaired) electrons. The van der Waals surface area contributed by atoms with Crippen LogP contribution >= 0.6 is 0 Å². The Balaban J connectivity index is 1.69. The van der Waals surface area contributed by atoms with Crippen molar-refractivity contribution in [1.29, 1.82) is 0 Å². The number of ether oxygens (including phenoxy) is 1. The summed E-state index contributed by atoms with van der Waals surface area (Å²) in [5.74, 6) is 0.883. The average molecular weight is 518 g/mol. The van der Waals surface area contributed by atoms with Crippen LogP contribution in [0.5, 0.6) is 0 Å². The third kappa shape index (κ3) is 5.77. The molecule has 0 bridgehead atoms. The molecule has 2 aromatic rings. The lowest BCUT2D eigenvalue weighted by molar-refractivity contribution is -0.116. The molecule has 0 aromatic heterocycles. The van der Waals surface area contributed by atoms with Gasteiger partial charge in [-0.15, -0.1) is 0 Å². The zero-order chi connectivity index (χ0) is 27.0. The van der Waals surface area contributed by atoms with E-state index in [1.165, 1.54) is 5.56 Å². The maximum atomic E-state index is 14.0. The first-order valence-corrected chi connectivity index (χ1v) is 17.2. The molecule has 0 saturated heterocycles. The number of hydrogen-bond acceptors (Lipinski definition) is 3. The number of nitrogens with zero attached hydrogens (tertiary/aromatic N) is 1. The number of allylic oxidation sites excluding steroid dienone is 1. The minimum absolute atomic E-state index is 0.126. The highest BCUT2D eigenvalue weighted by Gasteiger charge is 2.44. The molecule has 2 aliphatic rings. The lowest BCUT2D eigenvalue weighted by atomic mass is 9.64. The van der Waals surface area contributed by atoms with Crippen LogP contribution in [0.15, 0.2) is 66.0 Å². The fourth-order valence-corrected chi connectivity index (χ4v) is 7.72. The SMILES string of the molecule is Cc1ccccc1[C@H]1CC(=O)C([Si](C)(C)C)=CN1C(=O)O[C@@H]1C[C@H](C)CC[C@H]1C(C)(C)c1ccccc1. The lowest BCUT2D eigenvalue weighted by Gasteiger charge is -2.45. The summed E-state index contributed by atoms with van der Waals surface area (Å²) in [4.78, 5) is 29.0. The van der Waals surface area contributed by atoms with Crippen LogP contribution in [-0.2, 0) is 14.9 Å². The molecule has 4 rings (SSSR count). The first kappa shape index (κ1) is 27.4. The van der Waals surface area contributed by atoms with Gasteiger partial charge in [-0.25, -0.2) is 4.79 Å². The topological polar surface area (TPSA) is 46.6 Å². The second kappa shape index (κ2) is 10.6. The van der Waals surface area contributed by atoms with E-state index in [0.29, 0.717) is 12.3 Å². The summed E-state index contributed by atoms with van der Waals surface area (Å²) in [5, 5.41) is 0.812. The quantitative estimate of drug-likeness (QED) is 0.378. The Morgan fingerprint density at radius 2 is 1.65 bits per heavy atom. The van der Waals surface area contributed by atoms with Gasteiger partial charge in [0, 0.05) is 18.5 Å². The fourth-order valence-electron chi connectivity index (χ4n) is 6.25. The van der Waals surface area contributed by atoms with Crippen LogP contribution in [0.2, 0.25) is 19.6 Å². The summed E-state index contributed by atoms with van der Waals surface area (Å²) in [6.07, 6.45) is 4.65. The Bertz CT molecular complexity index is 1160. The molecular weight excluding hydrogens is 474 g/mol. The molecule has 1 fully saturated rings. The number of aryl methyl sites for hydroxylation is 1. The van der Waals surface area contributed by atoms with Crippen molar-refractivity contribution in [2.24, 2.45) is 11.8 Å². The molecular formula is C32H43NO3Si. The van der Waals surface area contributed by atoms with E-state index < -0.39 is 8.07 Å². The Kier molecular flexibility index (Phi) is 7.84. The standard InChI is InChI=1S/C32H43NO3Si/c1-22-17-18-26(32(3,4)24-14-9-8-10-15-24)29(19-22)36-31(35)33-21-30(37(5,6)7)28(34)20-27(33)25-16-12-11-13-23(25)2/h8-16,21-22,26-27,29H,17-20H2,1-7H3/t22-,26-,27-,29-/m1/s1. The highest BCUT2D eigenvalue weighted by atomic mass is 28.3. The Hall–Kier alpha value is -2.66. The van der Waals surface area contributed by atoms with Crippen molar-refractivity contribution in [2.75, 3.05) is 0 Å². The van der Waals surface area contributed by atoms with Crippen LogP contribution in [0.1, 0.15) is 69.2 Å². The summed E-state index contributed by atoms with van der Waals surface area (Å²) >= 11 is 0. The van der Waals surface area contributed by atoms with Crippen molar-refractivity contribution in [3.8, 4) is 0 Å². The van der Waals surface area contributed by atoms with Crippen molar-refractivity contribution in [2.45, 2.75) is 90.6 Å². The summed E-state index contributed by atoms with van der Waals surface area (Å²) in [6, 6.07) is 18.3. The maximum absolute atomic E-state index is 14.0. The number of rotatable bonds is 5. The number of hydrogen-bond donors (Lipinski definition) is 0. The van der Waals surface area contributed by atoms with Crippen LogP contribution in [0.4, 0.5) is 4.79 Å². The normalized spacial score (nSPS) is 25.0. The van der Waals surface area contributed by atoms with Gasteiger partial charge in [-0.2, -0.15) is 0 Å². The van der Waals surface area contributed by atoms with E-state index in [1.54, 1.807) is 4.90 Å². The predicted octanol–water partition coefficient (Wildman–Crippen LogP) is 7.99. The summed E-state index contributed by atoms with van der Waals surface area (Å²) in [5.41, 5.74) is 3.24. The molecule has 0 unspecified atom stereocenters. The van der Waals surface area contributed by atoms with Crippen molar-refractivity contribution < 1.29 is 14.3 Å². The number of amides is 1. The minimum Gasteiger partial charge on any atom is -0.446 e. The van der Waals surface area contributed by atoms with Gasteiger partial charge in [0.1, 0.15) is 6.10 Å². The zero-order valence-electron chi connectivity index (χ0n) is 23.6. The van der Waals surface area contributed by atoms with E-state index in [-0.39, 0.29) is 35.4 Å². The molecule has 1 aliphatic carbocycles. The van der Waals surface area contributed by atoms with Gasteiger partial charge >= 0.3 is 6.09 Å². The van der Waals surface area contributed by atoms with Gasteiger partial charge in [0.25, 0.3) is 0 Å². The molecule has 1 saturated carbocycles. The van der Waals surface area contributed by atoms with Crippen molar-refractivity contribution in [3.63, 3.8) is 0 Å². The van der Waals surface area contributed by atoms with Gasteiger partial charge in [-0.05, 0) is 53.0 Å². The molecule has 1 aliphatic heterocycles. The Morgan fingerprint density at radius 3 is 2.30 bits per heavy atom. The number of carbonyl (C=O) groups excluding carboxylic acids is 2. The van der Waals surface area contributed by atoms with Crippen LogP contribution in [-0.4, -0.2) is 31.0 Å². The van der Waals surface area contributed by atoms with Gasteiger partial charge in [0.05, 0.1) is 14.1 Å². The van der Waals surface area contributed by atoms with Gasteiger partial charge in [-0.3, -0.25) is 9.69 Å². The fraction of sp³-hybridized carbons (Fsp3) is 0.500. The summed E-state index contributed by atoms with van der Waals surface area (Å²) in [7, 11) is -1.94. The number of carbonyl (C=O) groups is 2. The highest BCUT2D eigenvalue weighted by Crippen LogP contribution is 2.44. The van der Waals surface area contributed by atoms with Crippen molar-refractivity contribution in [1.82, 2.24) is 4.90 Å². The second-order valence-corrected chi connectivity index (χ2v) is 17.8. The summed E-state index contributed by atoms with van der Waals surface area (Å²) < 4.78 is 6.46. The molecule has 198 valence electrons. The first-order chi connectivity index (χ1) is 17.4. The number of Topliss-reactive ketones (excluding diaryl/α,β-unsaturated/α-hetero) is 1. The lowest BCUT2D eigenvalue weighted by Crippen LogP contribution is -2.47. The van der Waals surface area contributed by atoms with E-state index in [1.807, 2.05) is 43.5 Å². The van der Waals surface area contributed by atoms with E-state index in [9.17, 15) is 9.59 Å². The third-order valence-electron chi connectivity index (χ3n) is 8.60. The highest BCUT2D eigenvalue weighted by molar-refractivity contribution is 6.87. The van der Waals surface area contributed by atoms with Gasteiger partial charge in [0.15, 0.2) is 5.78 Å². The van der Waals surface area contributed by atoms with Crippen LogP contribution in [0.3, 0.4) is 0 Å². The molecule has 5 heteroatoms. The van der Waals surface area contributed by atoms with Crippen LogP contribution in [0.25, 0.3) is 0 Å². The molecule has 0 N–H and O–H groups in total. The molecule has 0 spiro atoms. The van der Waals surface area contributed by atoms with Gasteiger partial charge < -0.3 is 4.74 Å². The minimum atomic E-state index is -1.94. The molecule has 4 nitrogen and oxygen atoms in total. The van der Waals surface area contributed by atoms with Crippen LogP contribution in [0, 0.1) is 18.8 Å². The molecule has 1 heterocycles. The molecule has 2 aromatic carbocycles. The molecule has 1 amide bonds. The van der Waals surface area contributed by atoms with Crippen molar-refractivity contribution >= 4 is 20.0 Å². The Labute approximate surface area is 224 Å². The smallest absolute Gasteiger partial charge is 0.414 e. The van der Waals surface area contributed by atoms with Gasteiger partial charge in [-0.1, -0.05) is 101 Å². The van der Waals surface area contributed by atoms with E-state index >= 15 is 0 Å². The monoisotopic (exact) mass is 517 g/mol. The second-order valence-electron chi connectivity index (χ2n) is 12.7. The van der Waals surface area contributed by atoms with E-state index in [0.717, 1.165) is 35.6 Å². The third-order valence-corrected chi connectivity index (χ3v) is 10.6. The molecule has 37 heavy (non-hydrogen) atoms. The van der Waals surface area contributed by atoms with E-state index in [2.05, 4.69) is 64.7 Å². The average Bonchev–Trinajstić information content (AvgIpc) is 2.84. The van der Waals surface area contributed by atoms with Crippen molar-refractivity contribution in [3.05, 3.63) is 82.7 Å². The first-order valence-electron chi connectivity index (χ1n) is 13.7. The number of ketones is 1. The maximum Gasteiger partial charge on any atom is 0.414 e. The largest absolute Gasteiger partial charge is 0.446 e. The zero-order valence-corrected chi connectivity index (χ0v) is 24.6. The number of benzene rings is 2. The summed E-state index contributed by atoms with van der Waals surface area (Å²) in [6.45, 7) is 15.3. The van der Waals surface area contributed by atoms with Gasteiger partial charge in [0.2, 0.25) is 0 Å². The predicted molar refractivity (Wildman–Crippen MR) is 153 cm³/mol. The molecule has 4 atom stereocenters.